The SMILES string of the molecule is CN[C@@H](C)C(=O)N[C@H](C(=O)N1C[C@@H](CC(=O)C(C)C(C)C(=O)N[C@H]2C[C@@H](C(=O)N[C@@H]3CCCc4ccccc43)N(C(=O)[C@@H](NC(=O)[C@H](C)NC)C(C)(C)C)C2)C[C@H]1C(=O)N[C@@H]1CCCc2ccccc21)C(C)(C)C. The summed E-state index contributed by atoms with van der Waals surface area (Å²) in [7, 11) is 3.32. The number of carbonyl (C=O) groups is 8. The minimum Gasteiger partial charge on any atom is -0.351 e. The molecule has 2 heterocycles. The summed E-state index contributed by atoms with van der Waals surface area (Å²) in [6.45, 7) is 18.0. The average molecular weight is 1020 g/mol. The zero-order valence-corrected chi connectivity index (χ0v) is 46.0. The van der Waals surface area contributed by atoms with Crippen LogP contribution < -0.4 is 37.2 Å². The molecule has 74 heavy (non-hydrogen) atoms. The summed E-state index contributed by atoms with van der Waals surface area (Å²) < 4.78 is 0. The van der Waals surface area contributed by atoms with Gasteiger partial charge in [0.15, 0.2) is 0 Å². The molecule has 2 unspecified atom stereocenters. The predicted molar refractivity (Wildman–Crippen MR) is 284 cm³/mol. The van der Waals surface area contributed by atoms with Crippen LogP contribution >= 0.6 is 0 Å². The van der Waals surface area contributed by atoms with Crippen LogP contribution in [0.4, 0.5) is 0 Å². The second-order valence-electron chi connectivity index (χ2n) is 23.7. The molecule has 7 amide bonds. The summed E-state index contributed by atoms with van der Waals surface area (Å²) in [5.74, 6) is -4.85. The van der Waals surface area contributed by atoms with E-state index in [0.29, 0.717) is 0 Å². The van der Waals surface area contributed by atoms with E-state index >= 15 is 0 Å². The van der Waals surface area contributed by atoms with Gasteiger partial charge in [0.25, 0.3) is 0 Å². The number of fused-ring (bicyclic) bond motifs is 2. The molecule has 2 saturated heterocycles. The fourth-order valence-corrected chi connectivity index (χ4v) is 11.1. The van der Waals surface area contributed by atoms with Crippen molar-refractivity contribution in [1.29, 1.82) is 0 Å². The molecule has 0 bridgehead atoms. The molecule has 17 heteroatoms. The lowest BCUT2D eigenvalue weighted by Gasteiger charge is -2.36. The first kappa shape index (κ1) is 57.6. The van der Waals surface area contributed by atoms with E-state index in [1.165, 1.54) is 20.9 Å². The fourth-order valence-electron chi connectivity index (χ4n) is 11.1. The molecular weight excluding hydrogens is 939 g/mol. The highest BCUT2D eigenvalue weighted by atomic mass is 16.2. The van der Waals surface area contributed by atoms with Crippen molar-refractivity contribution in [2.75, 3.05) is 27.2 Å². The zero-order valence-electron chi connectivity index (χ0n) is 46.0. The first-order valence-electron chi connectivity index (χ1n) is 27.0. The lowest BCUT2D eigenvalue weighted by atomic mass is 9.85. The van der Waals surface area contributed by atoms with Crippen LogP contribution in [0, 0.1) is 28.6 Å². The third-order valence-corrected chi connectivity index (χ3v) is 16.2. The first-order valence-corrected chi connectivity index (χ1v) is 27.0. The Morgan fingerprint density at radius 2 is 1.00 bits per heavy atom. The molecule has 4 aliphatic rings. The monoisotopic (exact) mass is 1020 g/mol. The number of nitrogens with zero attached hydrogens (tertiary/aromatic N) is 2. The lowest BCUT2D eigenvalue weighted by molar-refractivity contribution is -0.144. The largest absolute Gasteiger partial charge is 0.351 e. The number of Topliss-reactive ketones (excluding diaryl/α,β-unsaturated/α-hetero) is 1. The van der Waals surface area contributed by atoms with Crippen molar-refractivity contribution in [3.05, 3.63) is 70.8 Å². The number of ketones is 1. The van der Waals surface area contributed by atoms with E-state index in [1.54, 1.807) is 41.8 Å². The number of rotatable bonds is 18. The number of likely N-dealkylation sites (N-methyl/N-ethyl adjacent to an activating group) is 2. The van der Waals surface area contributed by atoms with Gasteiger partial charge in [-0.1, -0.05) is 104 Å². The van der Waals surface area contributed by atoms with E-state index in [9.17, 15) is 38.4 Å². The smallest absolute Gasteiger partial charge is 0.246 e. The van der Waals surface area contributed by atoms with Crippen LogP contribution in [-0.2, 0) is 51.2 Å². The molecule has 0 radical (unpaired) electrons. The Morgan fingerprint density at radius 1 is 0.568 bits per heavy atom. The Labute approximate surface area is 439 Å². The number of hydrogen-bond donors (Lipinski definition) is 7. The molecule has 2 fully saturated rings. The number of benzene rings is 2. The van der Waals surface area contributed by atoms with Crippen LogP contribution in [-0.4, -0.2) is 126 Å². The summed E-state index contributed by atoms with van der Waals surface area (Å²) in [6, 6.07) is 9.95. The van der Waals surface area contributed by atoms with Gasteiger partial charge >= 0.3 is 0 Å². The summed E-state index contributed by atoms with van der Waals surface area (Å²) in [4.78, 5) is 116. The van der Waals surface area contributed by atoms with Gasteiger partial charge in [-0.3, -0.25) is 38.4 Å². The Kier molecular flexibility index (Phi) is 18.9. The standard InChI is InChI=1S/C57H85N9O8/c1-32(46(67)28-36-27-44(52(71)61-42-25-17-21-37-19-13-15-23-40(37)42)65(30-36)54(73)47(56(5,6)7)63-50(69)34(3)58-11)33(2)49(68)60-39-29-45(53(72)62-43-26-18-22-38-20-14-16-24-41(38)43)66(31-39)55(74)48(57(8,9)10)64-51(70)35(4)59-12/h13-16,19-20,23-24,32-36,39,42-45,47-48,58-59H,17-18,21-22,25-31H2,1-12H3,(H,60,68)(H,61,71)(H,62,72)(H,63,69)(H,64,70)/t32?,33?,34-,35-,36+,39-,42+,43+,44-,45-,47+,48+/m0/s1. The molecule has 406 valence electrons. The summed E-state index contributed by atoms with van der Waals surface area (Å²) >= 11 is 0. The van der Waals surface area contributed by atoms with Gasteiger partial charge in [0.1, 0.15) is 30.0 Å². The van der Waals surface area contributed by atoms with Gasteiger partial charge in [-0.2, -0.15) is 0 Å². The molecule has 2 aromatic rings. The van der Waals surface area contributed by atoms with Crippen molar-refractivity contribution in [2.24, 2.45) is 28.6 Å². The van der Waals surface area contributed by atoms with E-state index in [4.69, 9.17) is 0 Å². The van der Waals surface area contributed by atoms with Crippen molar-refractivity contribution in [1.82, 2.24) is 47.0 Å². The zero-order chi connectivity index (χ0) is 54.4. The highest BCUT2D eigenvalue weighted by molar-refractivity contribution is 5.96. The van der Waals surface area contributed by atoms with Crippen LogP contribution in [0.25, 0.3) is 0 Å². The van der Waals surface area contributed by atoms with Gasteiger partial charge in [0.05, 0.1) is 24.2 Å². The van der Waals surface area contributed by atoms with Crippen LogP contribution in [0.5, 0.6) is 0 Å². The average Bonchev–Trinajstić information content (AvgIpc) is 4.00. The van der Waals surface area contributed by atoms with E-state index in [1.807, 2.05) is 77.9 Å². The Morgan fingerprint density at radius 3 is 1.45 bits per heavy atom. The van der Waals surface area contributed by atoms with Crippen molar-refractivity contribution in [2.45, 2.75) is 181 Å². The molecule has 2 aliphatic carbocycles. The topological polar surface area (TPSA) is 227 Å². The molecule has 6 rings (SSSR count). The van der Waals surface area contributed by atoms with Crippen molar-refractivity contribution >= 4 is 47.1 Å². The fraction of sp³-hybridized carbons (Fsp3) is 0.649. The second kappa shape index (κ2) is 24.3. The quantitative estimate of drug-likeness (QED) is 0.113. The molecule has 0 spiro atoms. The third-order valence-electron chi connectivity index (χ3n) is 16.2. The van der Waals surface area contributed by atoms with E-state index in [0.717, 1.165) is 49.7 Å². The summed E-state index contributed by atoms with van der Waals surface area (Å²) in [6.07, 6.45) is 5.43. The van der Waals surface area contributed by atoms with Crippen molar-refractivity contribution in [3.63, 3.8) is 0 Å². The molecule has 2 aliphatic heterocycles. The highest BCUT2D eigenvalue weighted by Gasteiger charge is 2.48. The molecule has 0 saturated carbocycles. The maximum atomic E-state index is 14.7. The lowest BCUT2D eigenvalue weighted by Crippen LogP contribution is -2.59. The predicted octanol–water partition coefficient (Wildman–Crippen LogP) is 4.19. The van der Waals surface area contributed by atoms with Gasteiger partial charge in [-0.25, -0.2) is 0 Å². The van der Waals surface area contributed by atoms with Gasteiger partial charge in [0, 0.05) is 37.4 Å². The number of amides is 7. The second-order valence-corrected chi connectivity index (χ2v) is 23.7. The number of aryl methyl sites for hydroxylation is 2. The number of carbonyl (C=O) groups excluding carboxylic acids is 8. The van der Waals surface area contributed by atoms with Crippen LogP contribution in [0.1, 0.15) is 149 Å². The van der Waals surface area contributed by atoms with E-state index < -0.39 is 88.6 Å². The van der Waals surface area contributed by atoms with Crippen LogP contribution in [0.2, 0.25) is 0 Å². The molecular formula is C57H85N9O8. The molecule has 7 N–H and O–H groups in total. The van der Waals surface area contributed by atoms with Crippen LogP contribution in [0.15, 0.2) is 48.5 Å². The van der Waals surface area contributed by atoms with E-state index in [2.05, 4.69) is 49.4 Å². The first-order chi connectivity index (χ1) is 34.8. The summed E-state index contributed by atoms with van der Waals surface area (Å²) in [5, 5.41) is 21.2. The summed E-state index contributed by atoms with van der Waals surface area (Å²) in [5.41, 5.74) is 2.97. The van der Waals surface area contributed by atoms with Gasteiger partial charge < -0.3 is 47.0 Å². The van der Waals surface area contributed by atoms with Gasteiger partial charge in [0.2, 0.25) is 41.4 Å². The minimum atomic E-state index is -0.987. The van der Waals surface area contributed by atoms with Crippen LogP contribution in [0.3, 0.4) is 0 Å². The minimum absolute atomic E-state index is 0.00622. The molecule has 12 atom stereocenters. The Bertz CT molecular complexity index is 2230. The normalized spacial score (nSPS) is 24.2. The number of hydrogen-bond acceptors (Lipinski definition) is 10. The van der Waals surface area contributed by atoms with Gasteiger partial charge in [-0.15, -0.1) is 0 Å². The molecule has 17 nitrogen and oxygen atoms in total. The molecule has 2 aromatic carbocycles. The third kappa shape index (κ3) is 13.6. The number of nitrogens with one attached hydrogen (secondary N) is 7. The van der Waals surface area contributed by atoms with E-state index in [-0.39, 0.29) is 73.8 Å². The molecule has 0 aromatic heterocycles. The maximum Gasteiger partial charge on any atom is 0.246 e. The van der Waals surface area contributed by atoms with Gasteiger partial charge in [-0.05, 0) is 118 Å². The Hall–Kier alpha value is -5.68. The van der Waals surface area contributed by atoms with Crippen molar-refractivity contribution < 1.29 is 38.4 Å². The Balaban J connectivity index is 1.18. The maximum absolute atomic E-state index is 14.7. The van der Waals surface area contributed by atoms with Crippen molar-refractivity contribution in [3.8, 4) is 0 Å². The highest BCUT2D eigenvalue weighted by Crippen LogP contribution is 2.36. The number of likely N-dealkylation sites (tertiary alicyclic amines) is 2.